The van der Waals surface area contributed by atoms with E-state index < -0.39 is 12.0 Å². The van der Waals surface area contributed by atoms with Gasteiger partial charge in [0, 0.05) is 6.42 Å². The standard InChI is InChI=1S/C15H18FNO3/c1-3-12(10-4-6-11(16)7-5-10)17-13(15(19)20-2)8-9-14(17)18/h4-7,12-13H,3,8-9H2,1-2H3. The van der Waals surface area contributed by atoms with E-state index in [1.807, 2.05) is 6.92 Å². The highest BCUT2D eigenvalue weighted by Gasteiger charge is 2.40. The van der Waals surface area contributed by atoms with Crippen LogP contribution >= 0.6 is 0 Å². The van der Waals surface area contributed by atoms with Gasteiger partial charge < -0.3 is 9.64 Å². The molecule has 2 atom stereocenters. The van der Waals surface area contributed by atoms with Crippen molar-refractivity contribution in [3.8, 4) is 0 Å². The quantitative estimate of drug-likeness (QED) is 0.795. The van der Waals surface area contributed by atoms with Crippen LogP contribution in [0.3, 0.4) is 0 Å². The largest absolute Gasteiger partial charge is 0.467 e. The lowest BCUT2D eigenvalue weighted by Crippen LogP contribution is -2.41. The van der Waals surface area contributed by atoms with E-state index in [4.69, 9.17) is 4.74 Å². The van der Waals surface area contributed by atoms with E-state index in [9.17, 15) is 14.0 Å². The predicted molar refractivity (Wildman–Crippen MR) is 71.3 cm³/mol. The van der Waals surface area contributed by atoms with Crippen LogP contribution in [0.15, 0.2) is 24.3 Å². The number of hydrogen-bond acceptors (Lipinski definition) is 3. The molecule has 1 aliphatic heterocycles. The normalized spacial score (nSPS) is 20.1. The number of likely N-dealkylation sites (tertiary alicyclic amines) is 1. The molecule has 1 aromatic carbocycles. The molecule has 1 aromatic rings. The van der Waals surface area contributed by atoms with Gasteiger partial charge in [0.15, 0.2) is 0 Å². The van der Waals surface area contributed by atoms with E-state index in [0.29, 0.717) is 19.3 Å². The fraction of sp³-hybridized carbons (Fsp3) is 0.467. The van der Waals surface area contributed by atoms with E-state index in [1.165, 1.54) is 19.2 Å². The summed E-state index contributed by atoms with van der Waals surface area (Å²) < 4.78 is 17.8. The van der Waals surface area contributed by atoms with Gasteiger partial charge in [0.1, 0.15) is 11.9 Å². The van der Waals surface area contributed by atoms with Crippen molar-refractivity contribution in [1.82, 2.24) is 4.90 Å². The highest BCUT2D eigenvalue weighted by atomic mass is 19.1. The second-order valence-corrected chi connectivity index (χ2v) is 4.85. The molecule has 108 valence electrons. The van der Waals surface area contributed by atoms with Gasteiger partial charge >= 0.3 is 5.97 Å². The molecule has 1 amide bonds. The summed E-state index contributed by atoms with van der Waals surface area (Å²) >= 11 is 0. The molecule has 2 rings (SSSR count). The first kappa shape index (κ1) is 14.5. The number of carbonyl (C=O) groups excluding carboxylic acids is 2. The molecular formula is C15H18FNO3. The van der Waals surface area contributed by atoms with Crippen LogP contribution in [0.1, 0.15) is 37.8 Å². The van der Waals surface area contributed by atoms with Crippen LogP contribution in [0.5, 0.6) is 0 Å². The van der Waals surface area contributed by atoms with Gasteiger partial charge in [0.2, 0.25) is 5.91 Å². The van der Waals surface area contributed by atoms with E-state index >= 15 is 0 Å². The molecule has 1 saturated heterocycles. The van der Waals surface area contributed by atoms with E-state index in [2.05, 4.69) is 0 Å². The van der Waals surface area contributed by atoms with Crippen LogP contribution in [-0.4, -0.2) is 29.9 Å². The second kappa shape index (κ2) is 6.03. The van der Waals surface area contributed by atoms with Crippen LogP contribution in [0.25, 0.3) is 0 Å². The third-order valence-electron chi connectivity index (χ3n) is 3.71. The number of amides is 1. The average Bonchev–Trinajstić information content (AvgIpc) is 2.83. The number of nitrogens with zero attached hydrogens (tertiary/aromatic N) is 1. The fourth-order valence-electron chi connectivity index (χ4n) is 2.74. The maximum atomic E-state index is 13.0. The molecule has 0 radical (unpaired) electrons. The fourth-order valence-corrected chi connectivity index (χ4v) is 2.74. The Hall–Kier alpha value is -1.91. The monoisotopic (exact) mass is 279 g/mol. The molecule has 0 aromatic heterocycles. The molecular weight excluding hydrogens is 261 g/mol. The highest BCUT2D eigenvalue weighted by Crippen LogP contribution is 2.33. The Balaban J connectivity index is 2.31. The number of methoxy groups -OCH3 is 1. The number of ether oxygens (including phenoxy) is 1. The molecule has 1 aliphatic rings. The van der Waals surface area contributed by atoms with Crippen molar-refractivity contribution in [2.75, 3.05) is 7.11 Å². The van der Waals surface area contributed by atoms with Crippen LogP contribution in [-0.2, 0) is 14.3 Å². The Morgan fingerprint density at radius 3 is 2.65 bits per heavy atom. The van der Waals surface area contributed by atoms with Gasteiger partial charge in [-0.1, -0.05) is 19.1 Å². The summed E-state index contributed by atoms with van der Waals surface area (Å²) in [5.41, 5.74) is 0.832. The van der Waals surface area contributed by atoms with Gasteiger partial charge in [-0.15, -0.1) is 0 Å². The van der Waals surface area contributed by atoms with Crippen LogP contribution in [0.2, 0.25) is 0 Å². The molecule has 0 saturated carbocycles. The molecule has 0 aliphatic carbocycles. The Bertz CT molecular complexity index is 500. The summed E-state index contributed by atoms with van der Waals surface area (Å²) in [6.07, 6.45) is 1.48. The molecule has 0 spiro atoms. The zero-order valence-corrected chi connectivity index (χ0v) is 11.6. The van der Waals surface area contributed by atoms with Gasteiger partial charge in [-0.3, -0.25) is 4.79 Å². The topological polar surface area (TPSA) is 46.6 Å². The average molecular weight is 279 g/mol. The maximum absolute atomic E-state index is 13.0. The lowest BCUT2D eigenvalue weighted by molar-refractivity contribution is -0.151. The van der Waals surface area contributed by atoms with Crippen molar-refractivity contribution < 1.29 is 18.7 Å². The van der Waals surface area contributed by atoms with Crippen LogP contribution < -0.4 is 0 Å². The van der Waals surface area contributed by atoms with Gasteiger partial charge in [-0.25, -0.2) is 9.18 Å². The minimum absolute atomic E-state index is 0.0587. The van der Waals surface area contributed by atoms with Gasteiger partial charge in [0.25, 0.3) is 0 Å². The Labute approximate surface area is 117 Å². The Kier molecular flexibility index (Phi) is 4.37. The SMILES string of the molecule is CCC(c1ccc(F)cc1)N1C(=O)CCC1C(=O)OC. The number of rotatable bonds is 4. The van der Waals surface area contributed by atoms with Crippen molar-refractivity contribution in [3.63, 3.8) is 0 Å². The molecule has 4 nitrogen and oxygen atoms in total. The van der Waals surface area contributed by atoms with Crippen molar-refractivity contribution in [1.29, 1.82) is 0 Å². The Morgan fingerprint density at radius 2 is 2.10 bits per heavy atom. The van der Waals surface area contributed by atoms with Gasteiger partial charge in [-0.05, 0) is 30.5 Å². The summed E-state index contributed by atoms with van der Waals surface area (Å²) in [6, 6.07) is 5.28. The second-order valence-electron chi connectivity index (χ2n) is 4.85. The highest BCUT2D eigenvalue weighted by molar-refractivity contribution is 5.88. The number of benzene rings is 1. The molecule has 1 heterocycles. The van der Waals surface area contributed by atoms with Crippen molar-refractivity contribution in [2.45, 2.75) is 38.3 Å². The lowest BCUT2D eigenvalue weighted by atomic mass is 10.0. The third-order valence-corrected chi connectivity index (χ3v) is 3.71. The summed E-state index contributed by atoms with van der Waals surface area (Å²) in [5.74, 6) is -0.770. The number of hydrogen-bond donors (Lipinski definition) is 0. The molecule has 1 fully saturated rings. The third kappa shape index (κ3) is 2.66. The minimum Gasteiger partial charge on any atom is -0.467 e. The zero-order chi connectivity index (χ0) is 14.7. The number of esters is 1. The molecule has 0 N–H and O–H groups in total. The predicted octanol–water partition coefficient (Wildman–Crippen LogP) is 2.44. The van der Waals surface area contributed by atoms with Gasteiger partial charge in [-0.2, -0.15) is 0 Å². The van der Waals surface area contributed by atoms with E-state index in [0.717, 1.165) is 5.56 Å². The van der Waals surface area contributed by atoms with E-state index in [-0.39, 0.29) is 17.8 Å². The van der Waals surface area contributed by atoms with Crippen molar-refractivity contribution in [2.24, 2.45) is 0 Å². The summed E-state index contributed by atoms with van der Waals surface area (Å²) in [5, 5.41) is 0. The Morgan fingerprint density at radius 1 is 1.45 bits per heavy atom. The molecule has 20 heavy (non-hydrogen) atoms. The molecule has 0 bridgehead atoms. The van der Waals surface area contributed by atoms with Crippen LogP contribution in [0.4, 0.5) is 4.39 Å². The summed E-state index contributed by atoms with van der Waals surface area (Å²) in [7, 11) is 1.32. The lowest BCUT2D eigenvalue weighted by Gasteiger charge is -2.31. The molecule has 5 heteroatoms. The first-order valence-electron chi connectivity index (χ1n) is 6.73. The van der Waals surface area contributed by atoms with Crippen LogP contribution in [0, 0.1) is 5.82 Å². The minimum atomic E-state index is -0.539. The first-order valence-corrected chi connectivity index (χ1v) is 6.73. The zero-order valence-electron chi connectivity index (χ0n) is 11.6. The van der Waals surface area contributed by atoms with Crippen molar-refractivity contribution in [3.05, 3.63) is 35.6 Å². The van der Waals surface area contributed by atoms with Gasteiger partial charge in [0.05, 0.1) is 13.2 Å². The van der Waals surface area contributed by atoms with E-state index in [1.54, 1.807) is 17.0 Å². The number of halogens is 1. The van der Waals surface area contributed by atoms with Crippen molar-refractivity contribution >= 4 is 11.9 Å². The first-order chi connectivity index (χ1) is 9.58. The summed E-state index contributed by atoms with van der Waals surface area (Å²) in [4.78, 5) is 25.5. The summed E-state index contributed by atoms with van der Waals surface area (Å²) in [6.45, 7) is 1.94. The smallest absolute Gasteiger partial charge is 0.328 e. The maximum Gasteiger partial charge on any atom is 0.328 e. The number of carbonyl (C=O) groups is 2. The molecule has 2 unspecified atom stereocenters.